The van der Waals surface area contributed by atoms with Crippen LogP contribution in [0.2, 0.25) is 5.02 Å². The number of hydrogen-bond acceptors (Lipinski definition) is 4. The van der Waals surface area contributed by atoms with Crippen LogP contribution < -0.4 is 10.1 Å². The fraction of sp³-hybridized carbons (Fsp3) is 0.263. The fourth-order valence-electron chi connectivity index (χ4n) is 2.27. The highest BCUT2D eigenvalue weighted by atomic mass is 35.5. The maximum absolute atomic E-state index is 12.2. The topological polar surface area (TPSA) is 64.6 Å². The average molecular weight is 362 g/mol. The van der Waals surface area contributed by atoms with E-state index in [0.29, 0.717) is 17.4 Å². The van der Waals surface area contributed by atoms with Crippen LogP contribution in [0.4, 0.5) is 0 Å². The summed E-state index contributed by atoms with van der Waals surface area (Å²) in [5, 5.41) is 3.24. The molecule has 0 heterocycles. The van der Waals surface area contributed by atoms with Crippen molar-refractivity contribution in [3.63, 3.8) is 0 Å². The van der Waals surface area contributed by atoms with Gasteiger partial charge in [0.05, 0.1) is 24.1 Å². The highest BCUT2D eigenvalue weighted by molar-refractivity contribution is 6.32. The third kappa shape index (κ3) is 6.12. The van der Waals surface area contributed by atoms with Crippen LogP contribution in [0.1, 0.15) is 24.9 Å². The van der Waals surface area contributed by atoms with Crippen LogP contribution >= 0.6 is 11.6 Å². The summed E-state index contributed by atoms with van der Waals surface area (Å²) >= 11 is 6.00. The SMILES string of the molecule is CCOC(=O)CC(NC(=O)COc1ccccc1Cl)c1ccccc1. The molecule has 0 spiro atoms. The Hall–Kier alpha value is -2.53. The van der Waals surface area contributed by atoms with Crippen molar-refractivity contribution < 1.29 is 19.1 Å². The van der Waals surface area contributed by atoms with E-state index in [4.69, 9.17) is 21.1 Å². The van der Waals surface area contributed by atoms with Gasteiger partial charge in [0.25, 0.3) is 5.91 Å². The first-order valence-corrected chi connectivity index (χ1v) is 8.35. The molecule has 0 saturated carbocycles. The lowest BCUT2D eigenvalue weighted by Crippen LogP contribution is -2.34. The third-order valence-electron chi connectivity index (χ3n) is 3.41. The van der Waals surface area contributed by atoms with Crippen LogP contribution in [0.5, 0.6) is 5.75 Å². The van der Waals surface area contributed by atoms with Crippen LogP contribution in [0, 0.1) is 0 Å². The van der Waals surface area contributed by atoms with Crippen LogP contribution in [-0.4, -0.2) is 25.1 Å². The van der Waals surface area contributed by atoms with E-state index in [0.717, 1.165) is 5.56 Å². The van der Waals surface area contributed by atoms with E-state index >= 15 is 0 Å². The Morgan fingerprint density at radius 2 is 1.76 bits per heavy atom. The predicted octanol–water partition coefficient (Wildman–Crippen LogP) is 3.53. The zero-order valence-electron chi connectivity index (χ0n) is 13.9. The van der Waals surface area contributed by atoms with Crippen molar-refractivity contribution in [2.75, 3.05) is 13.2 Å². The van der Waals surface area contributed by atoms with Gasteiger partial charge in [-0.25, -0.2) is 0 Å². The first-order valence-electron chi connectivity index (χ1n) is 7.97. The van der Waals surface area contributed by atoms with Crippen molar-refractivity contribution in [1.29, 1.82) is 0 Å². The molecule has 132 valence electrons. The van der Waals surface area contributed by atoms with Gasteiger partial charge in [0.2, 0.25) is 0 Å². The summed E-state index contributed by atoms with van der Waals surface area (Å²) in [5.41, 5.74) is 0.821. The van der Waals surface area contributed by atoms with Gasteiger partial charge in [-0.3, -0.25) is 9.59 Å². The van der Waals surface area contributed by atoms with Crippen molar-refractivity contribution >= 4 is 23.5 Å². The Bertz CT molecular complexity index is 706. The van der Waals surface area contributed by atoms with E-state index in [1.807, 2.05) is 30.3 Å². The number of esters is 1. The Kier molecular flexibility index (Phi) is 7.29. The molecular weight excluding hydrogens is 342 g/mol. The van der Waals surface area contributed by atoms with Crippen LogP contribution in [-0.2, 0) is 14.3 Å². The van der Waals surface area contributed by atoms with Gasteiger partial charge in [-0.2, -0.15) is 0 Å². The lowest BCUT2D eigenvalue weighted by molar-refractivity contribution is -0.143. The Morgan fingerprint density at radius 1 is 1.08 bits per heavy atom. The molecule has 1 atom stereocenters. The normalized spacial score (nSPS) is 11.4. The van der Waals surface area contributed by atoms with Gasteiger partial charge in [0.15, 0.2) is 6.61 Å². The molecule has 1 unspecified atom stereocenters. The summed E-state index contributed by atoms with van der Waals surface area (Å²) in [7, 11) is 0. The lowest BCUT2D eigenvalue weighted by atomic mass is 10.0. The summed E-state index contributed by atoms with van der Waals surface area (Å²) in [6, 6.07) is 15.7. The molecule has 5 nitrogen and oxygen atoms in total. The number of para-hydroxylation sites is 1. The molecule has 0 aliphatic carbocycles. The molecule has 25 heavy (non-hydrogen) atoms. The summed E-state index contributed by atoms with van der Waals surface area (Å²) in [6.45, 7) is 1.84. The van der Waals surface area contributed by atoms with Gasteiger partial charge >= 0.3 is 5.97 Å². The second-order valence-corrected chi connectivity index (χ2v) is 5.67. The molecule has 6 heteroatoms. The first-order chi connectivity index (χ1) is 12.1. The zero-order valence-corrected chi connectivity index (χ0v) is 14.7. The number of halogens is 1. The average Bonchev–Trinajstić information content (AvgIpc) is 2.61. The number of carbonyl (C=O) groups excluding carboxylic acids is 2. The minimum Gasteiger partial charge on any atom is -0.482 e. The van der Waals surface area contributed by atoms with Crippen molar-refractivity contribution in [2.45, 2.75) is 19.4 Å². The molecular formula is C19H20ClNO4. The van der Waals surface area contributed by atoms with Gasteiger partial charge < -0.3 is 14.8 Å². The molecule has 2 aromatic rings. The van der Waals surface area contributed by atoms with E-state index in [-0.39, 0.29) is 24.9 Å². The molecule has 2 aromatic carbocycles. The van der Waals surface area contributed by atoms with Crippen LogP contribution in [0.15, 0.2) is 54.6 Å². The second-order valence-electron chi connectivity index (χ2n) is 5.26. The van der Waals surface area contributed by atoms with Gasteiger partial charge in [0, 0.05) is 0 Å². The second kappa shape index (κ2) is 9.69. The predicted molar refractivity (Wildman–Crippen MR) is 95.5 cm³/mol. The third-order valence-corrected chi connectivity index (χ3v) is 3.72. The standard InChI is InChI=1S/C19H20ClNO4/c1-2-24-19(23)12-16(14-8-4-3-5-9-14)21-18(22)13-25-17-11-7-6-10-15(17)20/h3-11,16H,2,12-13H2,1H3,(H,21,22). The first kappa shape index (κ1) is 18.8. The molecule has 0 aliphatic rings. The van der Waals surface area contributed by atoms with Crippen LogP contribution in [0.25, 0.3) is 0 Å². The highest BCUT2D eigenvalue weighted by Gasteiger charge is 2.19. The number of benzene rings is 2. The largest absolute Gasteiger partial charge is 0.482 e. The summed E-state index contributed by atoms with van der Waals surface area (Å²) < 4.78 is 10.4. The Balaban J connectivity index is 1.99. The van der Waals surface area contributed by atoms with E-state index in [9.17, 15) is 9.59 Å². The smallest absolute Gasteiger partial charge is 0.308 e. The molecule has 0 radical (unpaired) electrons. The fourth-order valence-corrected chi connectivity index (χ4v) is 2.46. The van der Waals surface area contributed by atoms with Gasteiger partial charge in [-0.1, -0.05) is 54.1 Å². The Morgan fingerprint density at radius 3 is 2.44 bits per heavy atom. The van der Waals surface area contributed by atoms with E-state index in [1.54, 1.807) is 31.2 Å². The van der Waals surface area contributed by atoms with Crippen LogP contribution in [0.3, 0.4) is 0 Å². The lowest BCUT2D eigenvalue weighted by Gasteiger charge is -2.19. The Labute approximate surface area is 151 Å². The van der Waals surface area contributed by atoms with E-state index < -0.39 is 6.04 Å². The van der Waals surface area contributed by atoms with Crippen molar-refractivity contribution in [1.82, 2.24) is 5.32 Å². The maximum Gasteiger partial charge on any atom is 0.308 e. The van der Waals surface area contributed by atoms with E-state index in [2.05, 4.69) is 5.32 Å². The number of rotatable bonds is 8. The molecule has 0 aromatic heterocycles. The minimum absolute atomic E-state index is 0.0513. The number of amides is 1. The molecule has 1 amide bonds. The molecule has 0 fully saturated rings. The number of nitrogens with one attached hydrogen (secondary N) is 1. The summed E-state index contributed by atoms with van der Waals surface area (Å²) in [4.78, 5) is 24.0. The van der Waals surface area contributed by atoms with Crippen molar-refractivity contribution in [2.24, 2.45) is 0 Å². The summed E-state index contributed by atoms with van der Waals surface area (Å²) in [5.74, 6) is -0.289. The molecule has 1 N–H and O–H groups in total. The number of carbonyl (C=O) groups is 2. The molecule has 0 aliphatic heterocycles. The van der Waals surface area contributed by atoms with Gasteiger partial charge in [-0.05, 0) is 24.6 Å². The maximum atomic E-state index is 12.2. The number of hydrogen-bond donors (Lipinski definition) is 1. The monoisotopic (exact) mass is 361 g/mol. The number of ether oxygens (including phenoxy) is 2. The zero-order chi connectivity index (χ0) is 18.1. The van der Waals surface area contributed by atoms with E-state index in [1.165, 1.54) is 0 Å². The molecule has 0 bridgehead atoms. The quantitative estimate of drug-likeness (QED) is 0.730. The van der Waals surface area contributed by atoms with Gasteiger partial charge in [-0.15, -0.1) is 0 Å². The summed E-state index contributed by atoms with van der Waals surface area (Å²) in [6.07, 6.45) is 0.0513. The minimum atomic E-state index is -0.484. The molecule has 2 rings (SSSR count). The highest BCUT2D eigenvalue weighted by Crippen LogP contribution is 2.23. The molecule has 0 saturated heterocycles. The van der Waals surface area contributed by atoms with Crippen molar-refractivity contribution in [3.05, 3.63) is 65.2 Å². The van der Waals surface area contributed by atoms with Gasteiger partial charge in [0.1, 0.15) is 5.75 Å². The van der Waals surface area contributed by atoms with Crippen molar-refractivity contribution in [3.8, 4) is 5.75 Å².